The molecule has 3 rings (SSSR count). The Morgan fingerprint density at radius 3 is 2.69 bits per heavy atom. The zero-order valence-electron chi connectivity index (χ0n) is 16.6. The molecule has 1 heterocycles. The van der Waals surface area contributed by atoms with E-state index in [0.717, 1.165) is 16.9 Å². The van der Waals surface area contributed by atoms with Crippen LogP contribution in [0.1, 0.15) is 31.2 Å². The lowest BCUT2D eigenvalue weighted by atomic mass is 10.1. The summed E-state index contributed by atoms with van der Waals surface area (Å²) in [5, 5.41) is 4.00. The second kappa shape index (κ2) is 9.82. The number of amides is 1. The molecular weight excluding hydrogens is 373 g/mol. The fraction of sp³-hybridized carbons (Fsp3) is 0.318. The highest BCUT2D eigenvalue weighted by molar-refractivity contribution is 5.76. The number of methoxy groups -OCH3 is 1. The molecule has 0 aliphatic heterocycles. The van der Waals surface area contributed by atoms with Crippen molar-refractivity contribution in [3.63, 3.8) is 0 Å². The van der Waals surface area contributed by atoms with Gasteiger partial charge in [-0.3, -0.25) is 4.79 Å². The number of hydrogen-bond acceptors (Lipinski definition) is 5. The van der Waals surface area contributed by atoms with E-state index in [1.165, 1.54) is 12.1 Å². The molecule has 0 radical (unpaired) electrons. The van der Waals surface area contributed by atoms with Gasteiger partial charge >= 0.3 is 0 Å². The van der Waals surface area contributed by atoms with E-state index < -0.39 is 0 Å². The molecule has 6 nitrogen and oxygen atoms in total. The quantitative estimate of drug-likeness (QED) is 0.540. The second-order valence-electron chi connectivity index (χ2n) is 6.63. The lowest BCUT2D eigenvalue weighted by Gasteiger charge is -2.21. The molecule has 0 saturated heterocycles. The molecule has 0 bridgehead atoms. The van der Waals surface area contributed by atoms with Crippen molar-refractivity contribution in [2.75, 3.05) is 13.7 Å². The Morgan fingerprint density at radius 1 is 1.21 bits per heavy atom. The van der Waals surface area contributed by atoms with Crippen LogP contribution in [-0.4, -0.2) is 34.6 Å². The zero-order chi connectivity index (χ0) is 20.6. The van der Waals surface area contributed by atoms with Gasteiger partial charge in [0.05, 0.1) is 7.11 Å². The SMILES string of the molecule is CCN(Cc1cccc(F)c1)C(=O)CCCc1nc(-c2ccc(OC)cc2)no1. The van der Waals surface area contributed by atoms with Gasteiger partial charge < -0.3 is 14.2 Å². The highest BCUT2D eigenvalue weighted by Crippen LogP contribution is 2.20. The average Bonchev–Trinajstić information content (AvgIpc) is 3.21. The van der Waals surface area contributed by atoms with Gasteiger partial charge in [-0.05, 0) is 55.3 Å². The Kier molecular flexibility index (Phi) is 6.94. The molecule has 1 aromatic heterocycles. The molecule has 0 spiro atoms. The van der Waals surface area contributed by atoms with E-state index in [9.17, 15) is 9.18 Å². The van der Waals surface area contributed by atoms with E-state index in [2.05, 4.69) is 10.1 Å². The molecular formula is C22H24FN3O3. The number of halogens is 1. The molecule has 152 valence electrons. The van der Waals surface area contributed by atoms with Gasteiger partial charge in [0.2, 0.25) is 17.6 Å². The molecule has 29 heavy (non-hydrogen) atoms. The minimum absolute atomic E-state index is 0.0201. The average molecular weight is 397 g/mol. The lowest BCUT2D eigenvalue weighted by molar-refractivity contribution is -0.131. The van der Waals surface area contributed by atoms with Crippen molar-refractivity contribution in [2.24, 2.45) is 0 Å². The summed E-state index contributed by atoms with van der Waals surface area (Å²) in [6.07, 6.45) is 1.48. The Morgan fingerprint density at radius 2 is 2.00 bits per heavy atom. The van der Waals surface area contributed by atoms with Gasteiger partial charge in [-0.1, -0.05) is 17.3 Å². The molecule has 0 aliphatic rings. The van der Waals surface area contributed by atoms with E-state index in [-0.39, 0.29) is 11.7 Å². The van der Waals surface area contributed by atoms with Crippen molar-refractivity contribution in [3.8, 4) is 17.1 Å². The number of rotatable bonds is 9. The first-order valence-corrected chi connectivity index (χ1v) is 9.58. The monoisotopic (exact) mass is 397 g/mol. The standard InChI is InChI=1S/C22H24FN3O3/c1-3-26(15-16-6-4-7-18(23)14-16)21(27)9-5-8-20-24-22(25-29-20)17-10-12-19(28-2)13-11-17/h4,6-7,10-14H,3,5,8-9,15H2,1-2H3. The van der Waals surface area contributed by atoms with Crippen LogP contribution in [-0.2, 0) is 17.8 Å². The number of carbonyl (C=O) groups is 1. The van der Waals surface area contributed by atoms with Crippen LogP contribution in [0.3, 0.4) is 0 Å². The zero-order valence-corrected chi connectivity index (χ0v) is 16.6. The largest absolute Gasteiger partial charge is 0.497 e. The molecule has 0 aliphatic carbocycles. The Hall–Kier alpha value is -3.22. The molecule has 0 N–H and O–H groups in total. The van der Waals surface area contributed by atoms with Crippen LogP contribution in [0.5, 0.6) is 5.75 Å². The van der Waals surface area contributed by atoms with E-state index in [0.29, 0.717) is 44.1 Å². The maximum absolute atomic E-state index is 13.3. The van der Waals surface area contributed by atoms with Gasteiger partial charge in [0, 0.05) is 31.5 Å². The topological polar surface area (TPSA) is 68.5 Å². The van der Waals surface area contributed by atoms with Crippen LogP contribution in [0.25, 0.3) is 11.4 Å². The van der Waals surface area contributed by atoms with Crippen LogP contribution in [0.2, 0.25) is 0 Å². The number of hydrogen-bond donors (Lipinski definition) is 0. The van der Waals surface area contributed by atoms with Crippen LogP contribution in [0.15, 0.2) is 53.1 Å². The summed E-state index contributed by atoms with van der Waals surface area (Å²) < 4.78 is 23.8. The number of benzene rings is 2. The van der Waals surface area contributed by atoms with Crippen LogP contribution in [0, 0.1) is 5.82 Å². The highest BCUT2D eigenvalue weighted by Gasteiger charge is 2.14. The predicted molar refractivity (Wildman–Crippen MR) is 107 cm³/mol. The third-order valence-corrected chi connectivity index (χ3v) is 4.59. The van der Waals surface area contributed by atoms with Crippen molar-refractivity contribution in [1.29, 1.82) is 0 Å². The Bertz CT molecular complexity index is 940. The minimum Gasteiger partial charge on any atom is -0.497 e. The third-order valence-electron chi connectivity index (χ3n) is 4.59. The van der Waals surface area contributed by atoms with Gasteiger partial charge in [-0.2, -0.15) is 4.98 Å². The first-order chi connectivity index (χ1) is 14.1. The molecule has 0 unspecified atom stereocenters. The van der Waals surface area contributed by atoms with Crippen LogP contribution < -0.4 is 4.74 Å². The van der Waals surface area contributed by atoms with E-state index in [1.807, 2.05) is 37.3 Å². The van der Waals surface area contributed by atoms with Crippen LogP contribution in [0.4, 0.5) is 4.39 Å². The van der Waals surface area contributed by atoms with Gasteiger partial charge in [-0.25, -0.2) is 4.39 Å². The molecule has 0 fully saturated rings. The minimum atomic E-state index is -0.296. The number of aryl methyl sites for hydroxylation is 1. The van der Waals surface area contributed by atoms with Crippen molar-refractivity contribution in [2.45, 2.75) is 32.7 Å². The molecule has 0 saturated carbocycles. The molecule has 7 heteroatoms. The summed E-state index contributed by atoms with van der Waals surface area (Å²) in [7, 11) is 1.61. The summed E-state index contributed by atoms with van der Waals surface area (Å²) in [4.78, 5) is 18.6. The van der Waals surface area contributed by atoms with E-state index in [1.54, 1.807) is 18.1 Å². The van der Waals surface area contributed by atoms with Crippen molar-refractivity contribution < 1.29 is 18.4 Å². The first kappa shape index (κ1) is 20.5. The van der Waals surface area contributed by atoms with Crippen molar-refractivity contribution >= 4 is 5.91 Å². The summed E-state index contributed by atoms with van der Waals surface area (Å²) in [6, 6.07) is 13.7. The highest BCUT2D eigenvalue weighted by atomic mass is 19.1. The summed E-state index contributed by atoms with van der Waals surface area (Å²) in [5.41, 5.74) is 1.62. The smallest absolute Gasteiger partial charge is 0.226 e. The second-order valence-corrected chi connectivity index (χ2v) is 6.63. The first-order valence-electron chi connectivity index (χ1n) is 9.58. The van der Waals surface area contributed by atoms with E-state index >= 15 is 0 Å². The Balaban J connectivity index is 1.51. The normalized spacial score (nSPS) is 10.7. The molecule has 0 atom stereocenters. The summed E-state index contributed by atoms with van der Waals surface area (Å²) in [6.45, 7) is 2.88. The number of aromatic nitrogens is 2. The lowest BCUT2D eigenvalue weighted by Crippen LogP contribution is -2.30. The maximum atomic E-state index is 13.3. The predicted octanol–water partition coefficient (Wildman–Crippen LogP) is 4.26. The molecule has 2 aromatic carbocycles. The van der Waals surface area contributed by atoms with E-state index in [4.69, 9.17) is 9.26 Å². The Labute approximate surface area is 169 Å². The fourth-order valence-electron chi connectivity index (χ4n) is 2.99. The number of ether oxygens (including phenoxy) is 1. The summed E-state index contributed by atoms with van der Waals surface area (Å²) >= 11 is 0. The molecule has 1 amide bonds. The number of nitrogens with zero attached hydrogens (tertiary/aromatic N) is 3. The van der Waals surface area contributed by atoms with Gasteiger partial charge in [-0.15, -0.1) is 0 Å². The van der Waals surface area contributed by atoms with Crippen molar-refractivity contribution in [1.82, 2.24) is 15.0 Å². The van der Waals surface area contributed by atoms with Gasteiger partial charge in [0.15, 0.2) is 0 Å². The van der Waals surface area contributed by atoms with Crippen molar-refractivity contribution in [3.05, 3.63) is 65.8 Å². The fourth-order valence-corrected chi connectivity index (χ4v) is 2.99. The maximum Gasteiger partial charge on any atom is 0.226 e. The van der Waals surface area contributed by atoms with Crippen LogP contribution >= 0.6 is 0 Å². The van der Waals surface area contributed by atoms with Gasteiger partial charge in [0.25, 0.3) is 0 Å². The summed E-state index contributed by atoms with van der Waals surface area (Å²) in [5.74, 6) is 1.49. The molecule has 3 aromatic rings. The van der Waals surface area contributed by atoms with Gasteiger partial charge in [0.1, 0.15) is 11.6 Å². The number of carbonyl (C=O) groups excluding carboxylic acids is 1. The third kappa shape index (κ3) is 5.63.